The van der Waals surface area contributed by atoms with Crippen molar-refractivity contribution < 1.29 is 18.8 Å². The molecule has 0 saturated carbocycles. The molecule has 2 N–H and O–H groups in total. The van der Waals surface area contributed by atoms with Crippen LogP contribution in [0.2, 0.25) is 0 Å². The number of rotatable bonds is 10. The molecule has 0 aliphatic carbocycles. The Morgan fingerprint density at radius 3 is 2.52 bits per heavy atom. The van der Waals surface area contributed by atoms with Crippen molar-refractivity contribution in [3.63, 3.8) is 0 Å². The number of amides is 2. The number of benzene rings is 2. The molecule has 0 aliphatic heterocycles. The molecule has 0 atom stereocenters. The summed E-state index contributed by atoms with van der Waals surface area (Å²) in [6, 6.07) is 18.8. The average molecular weight is 421 g/mol. The number of nitrogens with one attached hydrogen (secondary N) is 2. The zero-order chi connectivity index (χ0) is 22.1. The maximum atomic E-state index is 12.2. The second-order valence-corrected chi connectivity index (χ2v) is 7.48. The molecule has 162 valence electrons. The van der Waals surface area contributed by atoms with Gasteiger partial charge in [-0.3, -0.25) is 9.59 Å². The van der Waals surface area contributed by atoms with E-state index in [1.807, 2.05) is 32.0 Å². The van der Waals surface area contributed by atoms with Crippen molar-refractivity contribution in [1.82, 2.24) is 10.5 Å². The van der Waals surface area contributed by atoms with Crippen molar-refractivity contribution >= 4 is 17.5 Å². The Hall–Kier alpha value is -3.61. The highest BCUT2D eigenvalue weighted by molar-refractivity contribution is 5.92. The summed E-state index contributed by atoms with van der Waals surface area (Å²) in [5, 5.41) is 9.48. The first kappa shape index (κ1) is 22.1. The lowest BCUT2D eigenvalue weighted by Gasteiger charge is -2.08. The van der Waals surface area contributed by atoms with Crippen molar-refractivity contribution in [3.05, 3.63) is 77.7 Å². The monoisotopic (exact) mass is 421 g/mol. The SMILES string of the molecule is CC(C)C(=O)Nc1ccc(OCc2cc(C(=O)NCCCc3ccccc3)no2)cc1. The first-order valence-corrected chi connectivity index (χ1v) is 10.3. The highest BCUT2D eigenvalue weighted by atomic mass is 16.5. The van der Waals surface area contributed by atoms with E-state index in [2.05, 4.69) is 27.9 Å². The highest BCUT2D eigenvalue weighted by Crippen LogP contribution is 2.18. The van der Waals surface area contributed by atoms with Gasteiger partial charge in [0, 0.05) is 24.2 Å². The third-order valence-electron chi connectivity index (χ3n) is 4.59. The summed E-state index contributed by atoms with van der Waals surface area (Å²) >= 11 is 0. The van der Waals surface area contributed by atoms with Crippen LogP contribution in [0.5, 0.6) is 5.75 Å². The molecule has 0 spiro atoms. The lowest BCUT2D eigenvalue weighted by atomic mass is 10.1. The Morgan fingerprint density at radius 2 is 1.81 bits per heavy atom. The zero-order valence-electron chi connectivity index (χ0n) is 17.8. The molecule has 3 rings (SSSR count). The molecular formula is C24H27N3O4. The predicted octanol–water partition coefficient (Wildman–Crippen LogP) is 4.21. The van der Waals surface area contributed by atoms with Crippen LogP contribution in [0.1, 0.15) is 42.1 Å². The smallest absolute Gasteiger partial charge is 0.273 e. The molecule has 2 aromatic carbocycles. The van der Waals surface area contributed by atoms with Crippen LogP contribution < -0.4 is 15.4 Å². The summed E-state index contributed by atoms with van der Waals surface area (Å²) in [5.74, 6) is 0.671. The molecule has 31 heavy (non-hydrogen) atoms. The zero-order valence-corrected chi connectivity index (χ0v) is 17.8. The average Bonchev–Trinajstić information content (AvgIpc) is 3.26. The topological polar surface area (TPSA) is 93.5 Å². The van der Waals surface area contributed by atoms with Crippen molar-refractivity contribution in [2.75, 3.05) is 11.9 Å². The fourth-order valence-electron chi connectivity index (χ4n) is 2.79. The van der Waals surface area contributed by atoms with Gasteiger partial charge in [-0.2, -0.15) is 0 Å². The van der Waals surface area contributed by atoms with Gasteiger partial charge in [0.1, 0.15) is 12.4 Å². The van der Waals surface area contributed by atoms with Gasteiger partial charge in [0.05, 0.1) is 0 Å². The largest absolute Gasteiger partial charge is 0.486 e. The summed E-state index contributed by atoms with van der Waals surface area (Å²) in [6.45, 7) is 4.38. The Balaban J connectivity index is 1.41. The first-order chi connectivity index (χ1) is 15.0. The lowest BCUT2D eigenvalue weighted by molar-refractivity contribution is -0.118. The van der Waals surface area contributed by atoms with E-state index in [0.717, 1.165) is 12.8 Å². The van der Waals surface area contributed by atoms with Gasteiger partial charge in [-0.1, -0.05) is 49.3 Å². The summed E-state index contributed by atoms with van der Waals surface area (Å²) in [7, 11) is 0. The molecule has 7 nitrogen and oxygen atoms in total. The Morgan fingerprint density at radius 1 is 1.06 bits per heavy atom. The van der Waals surface area contributed by atoms with Gasteiger partial charge < -0.3 is 19.9 Å². The van der Waals surface area contributed by atoms with Gasteiger partial charge in [0.25, 0.3) is 5.91 Å². The van der Waals surface area contributed by atoms with Crippen molar-refractivity contribution in [2.24, 2.45) is 5.92 Å². The second-order valence-electron chi connectivity index (χ2n) is 7.48. The van der Waals surface area contributed by atoms with Crippen LogP contribution in [0, 0.1) is 5.92 Å². The summed E-state index contributed by atoms with van der Waals surface area (Å²) in [4.78, 5) is 23.9. The molecule has 1 aromatic heterocycles. The number of aromatic nitrogens is 1. The van der Waals surface area contributed by atoms with E-state index in [0.29, 0.717) is 23.7 Å². The van der Waals surface area contributed by atoms with Crippen molar-refractivity contribution in [3.8, 4) is 5.75 Å². The lowest BCUT2D eigenvalue weighted by Crippen LogP contribution is -2.25. The summed E-state index contributed by atoms with van der Waals surface area (Å²) in [6.07, 6.45) is 1.75. The van der Waals surface area contributed by atoms with E-state index in [-0.39, 0.29) is 30.0 Å². The maximum absolute atomic E-state index is 12.2. The number of ether oxygens (including phenoxy) is 1. The molecule has 1 heterocycles. The normalized spacial score (nSPS) is 10.7. The number of hydrogen-bond acceptors (Lipinski definition) is 5. The van der Waals surface area contributed by atoms with E-state index in [1.165, 1.54) is 5.56 Å². The Labute approximate surface area is 181 Å². The standard InChI is InChI=1S/C24H27N3O4/c1-17(2)23(28)26-19-10-12-20(13-11-19)30-16-21-15-22(27-31-21)24(29)25-14-6-9-18-7-4-3-5-8-18/h3-5,7-8,10-13,15,17H,6,9,14,16H2,1-2H3,(H,25,29)(H,26,28). The second kappa shape index (κ2) is 11.0. The highest BCUT2D eigenvalue weighted by Gasteiger charge is 2.13. The van der Waals surface area contributed by atoms with Gasteiger partial charge >= 0.3 is 0 Å². The number of anilines is 1. The van der Waals surface area contributed by atoms with E-state index in [1.54, 1.807) is 30.3 Å². The van der Waals surface area contributed by atoms with Crippen LogP contribution in [-0.4, -0.2) is 23.5 Å². The molecule has 3 aromatic rings. The van der Waals surface area contributed by atoms with Crippen LogP contribution in [0.15, 0.2) is 65.2 Å². The molecule has 7 heteroatoms. The molecule has 0 unspecified atom stereocenters. The molecule has 2 amide bonds. The van der Waals surface area contributed by atoms with E-state index >= 15 is 0 Å². The molecule has 0 saturated heterocycles. The molecule has 0 aliphatic rings. The van der Waals surface area contributed by atoms with Gasteiger partial charge in [-0.25, -0.2) is 0 Å². The van der Waals surface area contributed by atoms with Crippen LogP contribution in [0.25, 0.3) is 0 Å². The van der Waals surface area contributed by atoms with Crippen LogP contribution in [-0.2, 0) is 17.8 Å². The van der Waals surface area contributed by atoms with E-state index in [9.17, 15) is 9.59 Å². The molecular weight excluding hydrogens is 394 g/mol. The fraction of sp³-hybridized carbons (Fsp3) is 0.292. The third kappa shape index (κ3) is 6.99. The predicted molar refractivity (Wildman–Crippen MR) is 118 cm³/mol. The number of carbonyl (C=O) groups excluding carboxylic acids is 2. The minimum atomic E-state index is -0.270. The first-order valence-electron chi connectivity index (χ1n) is 10.3. The minimum absolute atomic E-state index is 0.0406. The van der Waals surface area contributed by atoms with Crippen LogP contribution in [0.4, 0.5) is 5.69 Å². The Kier molecular flexibility index (Phi) is 7.81. The minimum Gasteiger partial charge on any atom is -0.486 e. The quantitative estimate of drug-likeness (QED) is 0.478. The van der Waals surface area contributed by atoms with Crippen LogP contribution >= 0.6 is 0 Å². The number of carbonyl (C=O) groups is 2. The van der Waals surface area contributed by atoms with Gasteiger partial charge in [-0.15, -0.1) is 0 Å². The number of nitrogens with zero attached hydrogens (tertiary/aromatic N) is 1. The maximum Gasteiger partial charge on any atom is 0.273 e. The molecule has 0 radical (unpaired) electrons. The van der Waals surface area contributed by atoms with Crippen LogP contribution in [0.3, 0.4) is 0 Å². The van der Waals surface area contributed by atoms with E-state index < -0.39 is 0 Å². The van der Waals surface area contributed by atoms with E-state index in [4.69, 9.17) is 9.26 Å². The fourth-order valence-corrected chi connectivity index (χ4v) is 2.79. The molecule has 0 fully saturated rings. The number of hydrogen-bond donors (Lipinski definition) is 2. The summed E-state index contributed by atoms with van der Waals surface area (Å²) < 4.78 is 10.9. The van der Waals surface area contributed by atoms with Gasteiger partial charge in [-0.05, 0) is 42.7 Å². The number of aryl methyl sites for hydroxylation is 1. The Bertz CT molecular complexity index is 982. The third-order valence-corrected chi connectivity index (χ3v) is 4.59. The summed E-state index contributed by atoms with van der Waals surface area (Å²) in [5.41, 5.74) is 2.18. The van der Waals surface area contributed by atoms with Crippen molar-refractivity contribution in [2.45, 2.75) is 33.3 Å². The van der Waals surface area contributed by atoms with Gasteiger partial charge in [0.2, 0.25) is 5.91 Å². The van der Waals surface area contributed by atoms with Crippen molar-refractivity contribution in [1.29, 1.82) is 0 Å². The van der Waals surface area contributed by atoms with Gasteiger partial charge in [0.15, 0.2) is 11.5 Å². The molecule has 0 bridgehead atoms.